The first-order valence-electron chi connectivity index (χ1n) is 7.15. The number of alkyl halides is 3. The first-order valence-corrected chi connectivity index (χ1v) is 7.15. The quantitative estimate of drug-likeness (QED) is 0.789. The fourth-order valence-electron chi connectivity index (χ4n) is 2.81. The van der Waals surface area contributed by atoms with Crippen LogP contribution in [0.1, 0.15) is 30.0 Å². The Labute approximate surface area is 146 Å². The van der Waals surface area contributed by atoms with Crippen LogP contribution in [0.5, 0.6) is 0 Å². The molecule has 1 aromatic carbocycles. The monoisotopic (exact) mass is 376 g/mol. The highest BCUT2D eigenvalue weighted by Crippen LogP contribution is 2.33. The molecule has 0 bridgehead atoms. The summed E-state index contributed by atoms with van der Waals surface area (Å²) in [6.45, 7) is 4.48. The number of hydrogen-bond donors (Lipinski definition) is 1. The van der Waals surface area contributed by atoms with E-state index in [4.69, 9.17) is 0 Å². The average molecular weight is 377 g/mol. The molecule has 1 fully saturated rings. The lowest BCUT2D eigenvalue weighted by molar-refractivity contribution is -0.138. The third-order valence-corrected chi connectivity index (χ3v) is 3.96. The first kappa shape index (κ1) is 22.4. The summed E-state index contributed by atoms with van der Waals surface area (Å²) < 4.78 is 51.4. The molecule has 0 saturated carbocycles. The van der Waals surface area contributed by atoms with Crippen molar-refractivity contribution >= 4 is 24.8 Å². The van der Waals surface area contributed by atoms with Crippen LogP contribution in [0.2, 0.25) is 0 Å². The van der Waals surface area contributed by atoms with Crippen molar-refractivity contribution in [3.8, 4) is 0 Å². The second kappa shape index (κ2) is 9.67. The highest BCUT2D eigenvalue weighted by Gasteiger charge is 2.32. The van der Waals surface area contributed by atoms with Gasteiger partial charge in [0.05, 0.1) is 0 Å². The summed E-state index contributed by atoms with van der Waals surface area (Å²) in [5.74, 6) is -0.361. The van der Waals surface area contributed by atoms with Gasteiger partial charge in [-0.3, -0.25) is 4.90 Å². The van der Waals surface area contributed by atoms with E-state index in [2.05, 4.69) is 5.32 Å². The van der Waals surface area contributed by atoms with Gasteiger partial charge in [-0.1, -0.05) is 12.1 Å². The van der Waals surface area contributed by atoms with E-state index in [9.17, 15) is 17.6 Å². The molecule has 1 aliphatic heterocycles. The van der Waals surface area contributed by atoms with Gasteiger partial charge in [0.25, 0.3) is 0 Å². The van der Waals surface area contributed by atoms with Crippen molar-refractivity contribution in [3.05, 3.63) is 35.1 Å². The molecule has 2 nitrogen and oxygen atoms in total. The summed E-state index contributed by atoms with van der Waals surface area (Å²) in [7, 11) is 0. The van der Waals surface area contributed by atoms with Crippen molar-refractivity contribution in [3.63, 3.8) is 0 Å². The van der Waals surface area contributed by atoms with E-state index in [1.807, 2.05) is 4.90 Å². The van der Waals surface area contributed by atoms with Gasteiger partial charge in [-0.25, -0.2) is 4.39 Å². The maximum absolute atomic E-state index is 13.7. The molecule has 1 aromatic rings. The van der Waals surface area contributed by atoms with Gasteiger partial charge in [0.15, 0.2) is 0 Å². The molecule has 8 heteroatoms. The molecule has 23 heavy (non-hydrogen) atoms. The Hall–Kier alpha value is -0.560. The molecular formula is C15H22Cl2F4N2. The molecule has 134 valence electrons. The molecule has 0 aliphatic carbocycles. The van der Waals surface area contributed by atoms with Gasteiger partial charge in [-0.15, -0.1) is 24.8 Å². The smallest absolute Gasteiger partial charge is 0.314 e. The van der Waals surface area contributed by atoms with Gasteiger partial charge in [-0.2, -0.15) is 13.2 Å². The average Bonchev–Trinajstić information content (AvgIpc) is 2.43. The summed E-state index contributed by atoms with van der Waals surface area (Å²) in [5.41, 5.74) is 1.12. The van der Waals surface area contributed by atoms with E-state index in [1.165, 1.54) is 6.07 Å². The summed E-state index contributed by atoms with van der Waals surface area (Å²) in [6, 6.07) is 4.27. The van der Waals surface area contributed by atoms with Crippen molar-refractivity contribution in [1.82, 2.24) is 10.2 Å². The van der Waals surface area contributed by atoms with E-state index >= 15 is 0 Å². The van der Waals surface area contributed by atoms with Crippen molar-refractivity contribution < 1.29 is 17.6 Å². The minimum atomic E-state index is -4.19. The van der Waals surface area contributed by atoms with Crippen LogP contribution in [-0.2, 0) is 0 Å². The van der Waals surface area contributed by atoms with E-state index in [-0.39, 0.29) is 43.1 Å². The van der Waals surface area contributed by atoms with Crippen LogP contribution >= 0.6 is 24.8 Å². The molecule has 0 unspecified atom stereocenters. The molecule has 1 aliphatic rings. The zero-order valence-electron chi connectivity index (χ0n) is 12.8. The highest BCUT2D eigenvalue weighted by molar-refractivity contribution is 5.85. The van der Waals surface area contributed by atoms with Crippen molar-refractivity contribution in [2.75, 3.05) is 26.2 Å². The van der Waals surface area contributed by atoms with Crippen LogP contribution in [0.4, 0.5) is 17.6 Å². The maximum Gasteiger partial charge on any atom is 0.389 e. The zero-order chi connectivity index (χ0) is 15.5. The van der Waals surface area contributed by atoms with Gasteiger partial charge in [0.1, 0.15) is 5.82 Å². The number of rotatable bonds is 4. The fourth-order valence-corrected chi connectivity index (χ4v) is 2.81. The molecule has 1 heterocycles. The van der Waals surface area contributed by atoms with E-state index in [1.54, 1.807) is 19.1 Å². The number of piperazine rings is 1. The van der Waals surface area contributed by atoms with Crippen LogP contribution in [0.25, 0.3) is 0 Å². The maximum atomic E-state index is 13.7. The van der Waals surface area contributed by atoms with Gasteiger partial charge in [0, 0.05) is 38.6 Å². The Balaban J connectivity index is 0.00000242. The zero-order valence-corrected chi connectivity index (χ0v) is 14.5. The van der Waals surface area contributed by atoms with Crippen LogP contribution in [-0.4, -0.2) is 37.3 Å². The van der Waals surface area contributed by atoms with Crippen molar-refractivity contribution in [1.29, 1.82) is 0 Å². The third kappa shape index (κ3) is 6.45. The number of hydrogen-bond acceptors (Lipinski definition) is 2. The molecule has 0 radical (unpaired) electrons. The van der Waals surface area contributed by atoms with Gasteiger partial charge in [0.2, 0.25) is 0 Å². The Morgan fingerprint density at radius 2 is 1.78 bits per heavy atom. The summed E-state index contributed by atoms with van der Waals surface area (Å²) in [5, 5.41) is 3.18. The number of halogens is 6. The predicted molar refractivity (Wildman–Crippen MR) is 88.1 cm³/mol. The normalized spacial score (nSPS) is 17.1. The molecule has 0 aromatic heterocycles. The summed E-state index contributed by atoms with van der Waals surface area (Å²) >= 11 is 0. The second-order valence-corrected chi connectivity index (χ2v) is 5.41. The Kier molecular flexibility index (Phi) is 9.43. The molecule has 2 rings (SSSR count). The number of benzene rings is 1. The van der Waals surface area contributed by atoms with Crippen LogP contribution in [0, 0.1) is 12.7 Å². The minimum absolute atomic E-state index is 0. The van der Waals surface area contributed by atoms with Gasteiger partial charge in [-0.05, 0) is 30.5 Å². The first-order chi connectivity index (χ1) is 9.88. The Morgan fingerprint density at radius 1 is 1.17 bits per heavy atom. The Bertz CT molecular complexity index is 477. The minimum Gasteiger partial charge on any atom is -0.314 e. The van der Waals surface area contributed by atoms with Crippen molar-refractivity contribution in [2.24, 2.45) is 0 Å². The highest BCUT2D eigenvalue weighted by atomic mass is 35.5. The van der Waals surface area contributed by atoms with E-state index in [0.29, 0.717) is 24.2 Å². The molecule has 1 saturated heterocycles. The largest absolute Gasteiger partial charge is 0.389 e. The Morgan fingerprint density at radius 3 is 2.35 bits per heavy atom. The van der Waals surface area contributed by atoms with Crippen LogP contribution in [0.3, 0.4) is 0 Å². The molecule has 1 N–H and O–H groups in total. The van der Waals surface area contributed by atoms with Crippen LogP contribution in [0.15, 0.2) is 18.2 Å². The number of nitrogens with zero attached hydrogens (tertiary/aromatic N) is 1. The lowest BCUT2D eigenvalue weighted by atomic mass is 9.95. The SMILES string of the molecule is Cc1c(F)cccc1[C@@H](CCC(F)(F)F)N1CCNCC1.Cl.Cl. The lowest BCUT2D eigenvalue weighted by Crippen LogP contribution is -2.45. The van der Waals surface area contributed by atoms with Crippen LogP contribution < -0.4 is 5.32 Å². The molecular weight excluding hydrogens is 355 g/mol. The molecule has 0 amide bonds. The fraction of sp³-hybridized carbons (Fsp3) is 0.600. The summed E-state index contributed by atoms with van der Waals surface area (Å²) in [4.78, 5) is 2.02. The van der Waals surface area contributed by atoms with E-state index in [0.717, 1.165) is 13.1 Å². The van der Waals surface area contributed by atoms with Gasteiger partial charge >= 0.3 is 6.18 Å². The summed E-state index contributed by atoms with van der Waals surface area (Å²) in [6.07, 6.45) is -5.07. The molecule has 1 atom stereocenters. The predicted octanol–water partition coefficient (Wildman–Crippen LogP) is 4.27. The standard InChI is InChI=1S/C15H20F4N2.2ClH/c1-11-12(3-2-4-13(11)16)14(5-6-15(17,18)19)21-9-7-20-8-10-21;;/h2-4,14,20H,5-10H2,1H3;2*1H/t14-;;/m1../s1. The van der Waals surface area contributed by atoms with Gasteiger partial charge < -0.3 is 5.32 Å². The topological polar surface area (TPSA) is 15.3 Å². The van der Waals surface area contributed by atoms with Crippen molar-refractivity contribution in [2.45, 2.75) is 32.0 Å². The van der Waals surface area contributed by atoms with E-state index < -0.39 is 12.6 Å². The third-order valence-electron chi connectivity index (χ3n) is 3.96. The number of nitrogens with one attached hydrogen (secondary N) is 1. The lowest BCUT2D eigenvalue weighted by Gasteiger charge is -2.36. The second-order valence-electron chi connectivity index (χ2n) is 5.41. The molecule has 0 spiro atoms.